The molecular weight excluding hydrogens is 252 g/mol. The normalized spacial score (nSPS) is 9.22. The van der Waals surface area contributed by atoms with Gasteiger partial charge in [-0.05, 0) is 12.1 Å². The number of methoxy groups -OCH3 is 1. The van der Waals surface area contributed by atoms with Crippen molar-refractivity contribution < 1.29 is 19.4 Å². The van der Waals surface area contributed by atoms with Gasteiger partial charge in [-0.1, -0.05) is 29.7 Å². The van der Waals surface area contributed by atoms with Crippen LogP contribution in [0.15, 0.2) is 18.2 Å². The molecule has 1 aromatic rings. The fourth-order valence-corrected chi connectivity index (χ4v) is 1.64. The molecule has 0 fully saturated rings. The van der Waals surface area contributed by atoms with Crippen LogP contribution in [0.25, 0.3) is 0 Å². The number of carboxylic acids is 1. The van der Waals surface area contributed by atoms with Crippen molar-refractivity contribution in [1.82, 2.24) is 0 Å². The second kappa shape index (κ2) is 6.72. The molecule has 0 aliphatic rings. The monoisotopic (exact) mass is 264 g/mol. The molecular formula is C13H12O4S. The van der Waals surface area contributed by atoms with Crippen molar-refractivity contribution in [2.24, 2.45) is 0 Å². The summed E-state index contributed by atoms with van der Waals surface area (Å²) in [6.07, 6.45) is 0. The van der Waals surface area contributed by atoms with Crippen LogP contribution in [0.4, 0.5) is 0 Å². The van der Waals surface area contributed by atoms with Crippen LogP contribution in [0.2, 0.25) is 0 Å². The van der Waals surface area contributed by atoms with Gasteiger partial charge in [0, 0.05) is 12.5 Å². The molecule has 0 unspecified atom stereocenters. The quantitative estimate of drug-likeness (QED) is 0.846. The summed E-state index contributed by atoms with van der Waals surface area (Å²) in [5, 5.41) is 9.10. The fraction of sp³-hybridized carbons (Fsp3) is 0.231. The number of carbonyl (C=O) groups excluding carboxylic acids is 1. The van der Waals surface area contributed by atoms with Crippen molar-refractivity contribution in [3.63, 3.8) is 0 Å². The molecule has 0 aromatic heterocycles. The third-order valence-corrected chi connectivity index (χ3v) is 2.73. The molecule has 0 radical (unpaired) electrons. The maximum Gasteiger partial charge on any atom is 0.340 e. The van der Waals surface area contributed by atoms with Gasteiger partial charge in [0.25, 0.3) is 0 Å². The van der Waals surface area contributed by atoms with Gasteiger partial charge in [0.1, 0.15) is 11.3 Å². The molecule has 1 aromatic carbocycles. The van der Waals surface area contributed by atoms with Crippen molar-refractivity contribution in [2.45, 2.75) is 6.92 Å². The molecule has 0 spiro atoms. The topological polar surface area (TPSA) is 63.6 Å². The van der Waals surface area contributed by atoms with Gasteiger partial charge in [-0.2, -0.15) is 0 Å². The van der Waals surface area contributed by atoms with E-state index in [2.05, 4.69) is 11.8 Å². The second-order valence-electron chi connectivity index (χ2n) is 3.27. The fourth-order valence-electron chi connectivity index (χ4n) is 1.30. The summed E-state index contributed by atoms with van der Waals surface area (Å²) >= 11 is 1.08. The highest BCUT2D eigenvalue weighted by Crippen LogP contribution is 2.21. The van der Waals surface area contributed by atoms with E-state index in [1.54, 1.807) is 18.2 Å². The Kier molecular flexibility index (Phi) is 5.28. The molecule has 0 atom stereocenters. The third kappa shape index (κ3) is 3.82. The number of rotatable bonds is 3. The maximum atomic E-state index is 11.1. The van der Waals surface area contributed by atoms with E-state index in [0.29, 0.717) is 11.3 Å². The van der Waals surface area contributed by atoms with Crippen LogP contribution in [-0.4, -0.2) is 29.1 Å². The number of ether oxygens (including phenoxy) is 1. The number of hydrogen-bond acceptors (Lipinski definition) is 4. The Labute approximate surface area is 109 Å². The zero-order chi connectivity index (χ0) is 13.5. The number of aromatic carboxylic acids is 1. The minimum Gasteiger partial charge on any atom is -0.496 e. The highest BCUT2D eigenvalue weighted by molar-refractivity contribution is 8.13. The van der Waals surface area contributed by atoms with E-state index in [4.69, 9.17) is 9.84 Å². The molecule has 0 bridgehead atoms. The van der Waals surface area contributed by atoms with Crippen LogP contribution in [0, 0.1) is 11.8 Å². The molecule has 18 heavy (non-hydrogen) atoms. The highest BCUT2D eigenvalue weighted by atomic mass is 32.2. The van der Waals surface area contributed by atoms with Crippen molar-refractivity contribution in [1.29, 1.82) is 0 Å². The number of carboxylic acid groups (broad SMARTS) is 1. The summed E-state index contributed by atoms with van der Waals surface area (Å²) in [6.45, 7) is 1.46. The average Bonchev–Trinajstić information content (AvgIpc) is 2.33. The largest absolute Gasteiger partial charge is 0.496 e. The van der Waals surface area contributed by atoms with Crippen LogP contribution in [-0.2, 0) is 4.79 Å². The standard InChI is InChI=1S/C13H12O4S/c1-9(14)18-8-4-6-10-5-3-7-11(17-2)12(10)13(15)16/h3,5,7H,8H2,1-2H3,(H,15,16). The third-order valence-electron chi connectivity index (χ3n) is 2.03. The molecule has 0 aliphatic heterocycles. The Hall–Kier alpha value is -1.93. The Morgan fingerprint density at radius 3 is 2.72 bits per heavy atom. The molecule has 1 rings (SSSR count). The van der Waals surface area contributed by atoms with Gasteiger partial charge >= 0.3 is 5.97 Å². The second-order valence-corrected chi connectivity index (χ2v) is 4.42. The van der Waals surface area contributed by atoms with Gasteiger partial charge in [0.15, 0.2) is 5.12 Å². The number of hydrogen-bond donors (Lipinski definition) is 1. The van der Waals surface area contributed by atoms with E-state index in [0.717, 1.165) is 11.8 Å². The lowest BCUT2D eigenvalue weighted by Gasteiger charge is -2.05. The summed E-state index contributed by atoms with van der Waals surface area (Å²) in [4.78, 5) is 21.8. The van der Waals surface area contributed by atoms with E-state index >= 15 is 0 Å². The van der Waals surface area contributed by atoms with E-state index in [-0.39, 0.29) is 16.4 Å². The Bertz CT molecular complexity index is 526. The first-order chi connectivity index (χ1) is 8.56. The van der Waals surface area contributed by atoms with Gasteiger partial charge in [-0.15, -0.1) is 0 Å². The molecule has 94 valence electrons. The SMILES string of the molecule is COc1cccc(C#CCSC(C)=O)c1C(=O)O. The van der Waals surface area contributed by atoms with E-state index in [1.807, 2.05) is 0 Å². The highest BCUT2D eigenvalue weighted by Gasteiger charge is 2.14. The molecule has 4 nitrogen and oxygen atoms in total. The summed E-state index contributed by atoms with van der Waals surface area (Å²) in [6, 6.07) is 4.85. The van der Waals surface area contributed by atoms with Crippen molar-refractivity contribution in [3.05, 3.63) is 29.3 Å². The molecule has 5 heteroatoms. The first-order valence-corrected chi connectivity index (χ1v) is 6.07. The zero-order valence-corrected chi connectivity index (χ0v) is 10.8. The summed E-state index contributed by atoms with van der Waals surface area (Å²) in [5.41, 5.74) is 0.423. The summed E-state index contributed by atoms with van der Waals surface area (Å²) in [7, 11) is 1.41. The lowest BCUT2D eigenvalue weighted by molar-refractivity contribution is -0.109. The van der Waals surface area contributed by atoms with E-state index < -0.39 is 5.97 Å². The molecule has 0 amide bonds. The van der Waals surface area contributed by atoms with Crippen LogP contribution in [0.5, 0.6) is 5.75 Å². The zero-order valence-electron chi connectivity index (χ0n) is 10.0. The predicted molar refractivity (Wildman–Crippen MR) is 70.0 cm³/mol. The Morgan fingerprint density at radius 2 is 2.17 bits per heavy atom. The molecule has 0 heterocycles. The summed E-state index contributed by atoms with van der Waals surface area (Å²) in [5.74, 6) is 5.02. The van der Waals surface area contributed by atoms with Crippen molar-refractivity contribution >= 4 is 22.8 Å². The summed E-state index contributed by atoms with van der Waals surface area (Å²) < 4.78 is 4.98. The van der Waals surface area contributed by atoms with Gasteiger partial charge in [0.05, 0.1) is 12.9 Å². The number of thioether (sulfide) groups is 1. The molecule has 0 aliphatic carbocycles. The van der Waals surface area contributed by atoms with E-state index in [9.17, 15) is 9.59 Å². The van der Waals surface area contributed by atoms with Crippen LogP contribution in [0.1, 0.15) is 22.8 Å². The minimum absolute atomic E-state index is 0.0200. The van der Waals surface area contributed by atoms with Crippen molar-refractivity contribution in [2.75, 3.05) is 12.9 Å². The van der Waals surface area contributed by atoms with Crippen LogP contribution in [0.3, 0.4) is 0 Å². The lowest BCUT2D eigenvalue weighted by Crippen LogP contribution is -2.03. The van der Waals surface area contributed by atoms with Crippen molar-refractivity contribution in [3.8, 4) is 17.6 Å². The van der Waals surface area contributed by atoms with Gasteiger partial charge in [0.2, 0.25) is 0 Å². The first kappa shape index (κ1) is 14.1. The number of carbonyl (C=O) groups is 2. The smallest absolute Gasteiger partial charge is 0.340 e. The van der Waals surface area contributed by atoms with Gasteiger partial charge < -0.3 is 9.84 Å². The maximum absolute atomic E-state index is 11.1. The average molecular weight is 264 g/mol. The molecule has 0 saturated heterocycles. The first-order valence-electron chi connectivity index (χ1n) is 5.08. The Morgan fingerprint density at radius 1 is 1.44 bits per heavy atom. The van der Waals surface area contributed by atoms with Gasteiger partial charge in [-0.25, -0.2) is 4.79 Å². The predicted octanol–water partition coefficient (Wildman–Crippen LogP) is 2.02. The minimum atomic E-state index is -1.09. The van der Waals surface area contributed by atoms with Gasteiger partial charge in [-0.3, -0.25) is 4.79 Å². The van der Waals surface area contributed by atoms with Crippen LogP contribution >= 0.6 is 11.8 Å². The molecule has 0 saturated carbocycles. The number of benzene rings is 1. The van der Waals surface area contributed by atoms with Crippen LogP contribution < -0.4 is 4.74 Å². The Balaban J connectivity index is 3.01. The lowest BCUT2D eigenvalue weighted by atomic mass is 10.1. The van der Waals surface area contributed by atoms with E-state index in [1.165, 1.54) is 14.0 Å². The molecule has 1 N–H and O–H groups in total.